The Labute approximate surface area is 202 Å². The second-order valence-corrected chi connectivity index (χ2v) is 8.85. The number of hydrogen-bond acceptors (Lipinski definition) is 5. The van der Waals surface area contributed by atoms with Crippen LogP contribution in [-0.2, 0) is 22.6 Å². The van der Waals surface area contributed by atoms with Crippen LogP contribution in [0, 0.1) is 11.3 Å². The first-order valence-corrected chi connectivity index (χ1v) is 11.3. The van der Waals surface area contributed by atoms with Gasteiger partial charge in [0.2, 0.25) is 5.91 Å². The normalized spacial score (nSPS) is 18.7. The van der Waals surface area contributed by atoms with Gasteiger partial charge in [-0.3, -0.25) is 14.8 Å². The third-order valence-corrected chi connectivity index (χ3v) is 6.64. The molecule has 1 saturated carbocycles. The number of carboxylic acids is 1. The number of pyridine rings is 1. The van der Waals surface area contributed by atoms with Crippen LogP contribution in [0.15, 0.2) is 84.9 Å². The van der Waals surface area contributed by atoms with Crippen molar-refractivity contribution in [1.29, 1.82) is 0 Å². The Bertz CT molecular complexity index is 1390. The van der Waals surface area contributed by atoms with Crippen molar-refractivity contribution in [3.05, 3.63) is 96.1 Å². The Morgan fingerprint density at radius 1 is 1.00 bits per heavy atom. The van der Waals surface area contributed by atoms with Crippen LogP contribution in [0.5, 0.6) is 5.75 Å². The summed E-state index contributed by atoms with van der Waals surface area (Å²) in [4.78, 5) is 28.3. The number of hydrogen-bond donors (Lipinski definition) is 3. The number of carboxylic acid groups (broad SMARTS) is 1. The number of hydroxylamine groups is 1. The highest BCUT2D eigenvalue weighted by Gasteiger charge is 2.63. The van der Waals surface area contributed by atoms with E-state index >= 15 is 0 Å². The molecule has 7 nitrogen and oxygen atoms in total. The van der Waals surface area contributed by atoms with Gasteiger partial charge in [0.05, 0.1) is 22.5 Å². The molecule has 0 bridgehead atoms. The maximum absolute atomic E-state index is 11.8. The number of nitrogens with zero attached hydrogens (tertiary/aromatic N) is 1. The van der Waals surface area contributed by atoms with E-state index in [0.29, 0.717) is 12.4 Å². The third-order valence-electron chi connectivity index (χ3n) is 6.64. The molecule has 0 aliphatic heterocycles. The zero-order valence-electron chi connectivity index (χ0n) is 18.8. The number of carbonyl (C=O) groups excluding carboxylic acids is 1. The van der Waals surface area contributed by atoms with Crippen LogP contribution in [0.4, 0.5) is 0 Å². The molecular weight excluding hydrogens is 444 g/mol. The molecule has 0 spiro atoms. The highest BCUT2D eigenvalue weighted by molar-refractivity contribution is 5.92. The van der Waals surface area contributed by atoms with E-state index in [0.717, 1.165) is 33.3 Å². The molecule has 1 aliphatic rings. The molecule has 1 aliphatic carbocycles. The van der Waals surface area contributed by atoms with Gasteiger partial charge in [-0.25, -0.2) is 10.5 Å². The zero-order chi connectivity index (χ0) is 24.4. The predicted molar refractivity (Wildman–Crippen MR) is 130 cm³/mol. The van der Waals surface area contributed by atoms with E-state index in [2.05, 4.69) is 0 Å². The minimum atomic E-state index is -1.18. The minimum Gasteiger partial charge on any atom is -0.489 e. The summed E-state index contributed by atoms with van der Waals surface area (Å²) in [5.41, 5.74) is 4.99. The number of para-hydroxylation sites is 1. The molecule has 1 fully saturated rings. The zero-order valence-corrected chi connectivity index (χ0v) is 18.8. The van der Waals surface area contributed by atoms with Gasteiger partial charge in [-0.15, -0.1) is 0 Å². The Hall–Kier alpha value is -4.23. The van der Waals surface area contributed by atoms with Gasteiger partial charge in [0.15, 0.2) is 0 Å². The third kappa shape index (κ3) is 4.46. The van der Waals surface area contributed by atoms with Crippen molar-refractivity contribution in [2.75, 3.05) is 0 Å². The summed E-state index contributed by atoms with van der Waals surface area (Å²) in [7, 11) is 0. The van der Waals surface area contributed by atoms with Crippen LogP contribution >= 0.6 is 0 Å². The summed E-state index contributed by atoms with van der Waals surface area (Å²) in [6.07, 6.45) is 0.405. The van der Waals surface area contributed by atoms with Crippen LogP contribution in [0.3, 0.4) is 0 Å². The van der Waals surface area contributed by atoms with Crippen LogP contribution < -0.4 is 10.2 Å². The van der Waals surface area contributed by atoms with Crippen molar-refractivity contribution in [3.8, 4) is 17.0 Å². The second-order valence-electron chi connectivity index (χ2n) is 8.85. The maximum Gasteiger partial charge on any atom is 0.310 e. The number of ether oxygens (including phenoxy) is 1. The van der Waals surface area contributed by atoms with Gasteiger partial charge in [0, 0.05) is 16.5 Å². The molecule has 1 amide bonds. The Balaban J connectivity index is 1.33. The SMILES string of the molecule is O=C(NO)C1CC1(Cc1ccc(OCc2cc(-c3ccccc3)nc3ccccc23)cc1)C(=O)O. The fraction of sp³-hybridized carbons (Fsp3) is 0.179. The lowest BCUT2D eigenvalue weighted by atomic mass is 9.93. The highest BCUT2D eigenvalue weighted by Crippen LogP contribution is 2.55. The number of carbonyl (C=O) groups is 2. The van der Waals surface area contributed by atoms with Gasteiger partial charge >= 0.3 is 5.97 Å². The number of aromatic nitrogens is 1. The summed E-state index contributed by atoms with van der Waals surface area (Å²) in [6.45, 7) is 0.347. The molecule has 1 heterocycles. The first-order chi connectivity index (χ1) is 17.0. The predicted octanol–water partition coefficient (Wildman–Crippen LogP) is 4.62. The monoisotopic (exact) mass is 468 g/mol. The van der Waals surface area contributed by atoms with Crippen LogP contribution in [0.2, 0.25) is 0 Å². The lowest BCUT2D eigenvalue weighted by Gasteiger charge is -2.14. The lowest BCUT2D eigenvalue weighted by Crippen LogP contribution is -2.29. The number of fused-ring (bicyclic) bond motifs is 1. The number of nitrogens with one attached hydrogen (secondary N) is 1. The number of aliphatic carboxylic acids is 1. The summed E-state index contributed by atoms with van der Waals surface area (Å²) < 4.78 is 6.07. The summed E-state index contributed by atoms with van der Waals surface area (Å²) >= 11 is 0. The Morgan fingerprint density at radius 2 is 1.71 bits per heavy atom. The largest absolute Gasteiger partial charge is 0.489 e. The molecule has 1 aromatic heterocycles. The highest BCUT2D eigenvalue weighted by atomic mass is 16.5. The van der Waals surface area contributed by atoms with Gasteiger partial charge in [0.1, 0.15) is 12.4 Å². The van der Waals surface area contributed by atoms with Crippen LogP contribution in [0.1, 0.15) is 17.5 Å². The molecular formula is C28H24N2O5. The van der Waals surface area contributed by atoms with Gasteiger partial charge in [0.25, 0.3) is 0 Å². The van der Waals surface area contributed by atoms with E-state index in [1.165, 1.54) is 0 Å². The lowest BCUT2D eigenvalue weighted by molar-refractivity contribution is -0.146. The van der Waals surface area contributed by atoms with E-state index in [-0.39, 0.29) is 12.8 Å². The van der Waals surface area contributed by atoms with Crippen molar-refractivity contribution in [2.45, 2.75) is 19.4 Å². The van der Waals surface area contributed by atoms with Gasteiger partial charge in [-0.05, 0) is 42.7 Å². The van der Waals surface area contributed by atoms with E-state index < -0.39 is 23.2 Å². The average Bonchev–Trinajstić information content (AvgIpc) is 3.63. The van der Waals surface area contributed by atoms with Gasteiger partial charge in [-0.1, -0.05) is 60.7 Å². The topological polar surface area (TPSA) is 109 Å². The number of rotatable bonds is 8. The summed E-state index contributed by atoms with van der Waals surface area (Å²) in [6, 6.07) is 27.2. The van der Waals surface area contributed by atoms with Crippen LogP contribution in [0.25, 0.3) is 22.2 Å². The van der Waals surface area contributed by atoms with E-state index in [1.807, 2.05) is 72.8 Å². The molecule has 35 heavy (non-hydrogen) atoms. The van der Waals surface area contributed by atoms with Crippen LogP contribution in [-0.4, -0.2) is 27.2 Å². The van der Waals surface area contributed by atoms with E-state index in [4.69, 9.17) is 14.9 Å². The smallest absolute Gasteiger partial charge is 0.310 e. The molecule has 7 heteroatoms. The summed E-state index contributed by atoms with van der Waals surface area (Å²) in [5, 5.41) is 19.5. The molecule has 176 valence electrons. The Kier molecular flexibility index (Phi) is 5.93. The molecule has 2 unspecified atom stereocenters. The van der Waals surface area contributed by atoms with E-state index in [1.54, 1.807) is 17.6 Å². The number of benzene rings is 3. The molecule has 3 aromatic carbocycles. The standard InChI is InChI=1S/C28H24N2O5/c31-26(30-34)23-16-28(23,27(32)33)15-18-10-12-21(13-11-18)35-17-20-14-25(19-6-2-1-3-7-19)29-24-9-5-4-8-22(20)24/h1-14,23,34H,15-17H2,(H,30,31)(H,32,33). The molecule has 2 atom stereocenters. The maximum atomic E-state index is 11.8. The van der Waals surface area contributed by atoms with Crippen molar-refractivity contribution in [2.24, 2.45) is 11.3 Å². The van der Waals surface area contributed by atoms with Crippen molar-refractivity contribution >= 4 is 22.8 Å². The average molecular weight is 469 g/mol. The quantitative estimate of drug-likeness (QED) is 0.257. The first kappa shape index (κ1) is 22.6. The second kappa shape index (κ2) is 9.19. The fourth-order valence-electron chi connectivity index (χ4n) is 4.59. The van der Waals surface area contributed by atoms with E-state index in [9.17, 15) is 14.7 Å². The van der Waals surface area contributed by atoms with Gasteiger partial charge in [-0.2, -0.15) is 0 Å². The molecule has 0 saturated heterocycles. The summed E-state index contributed by atoms with van der Waals surface area (Å²) in [5.74, 6) is -1.78. The molecule has 5 rings (SSSR count). The number of amides is 1. The van der Waals surface area contributed by atoms with Crippen molar-refractivity contribution in [1.82, 2.24) is 10.5 Å². The molecule has 0 radical (unpaired) electrons. The Morgan fingerprint density at radius 3 is 2.43 bits per heavy atom. The van der Waals surface area contributed by atoms with Gasteiger partial charge < -0.3 is 9.84 Å². The van der Waals surface area contributed by atoms with Crippen molar-refractivity contribution in [3.63, 3.8) is 0 Å². The molecule has 4 aromatic rings. The minimum absolute atomic E-state index is 0.200. The van der Waals surface area contributed by atoms with Crippen molar-refractivity contribution < 1.29 is 24.6 Å². The molecule has 3 N–H and O–H groups in total. The fourth-order valence-corrected chi connectivity index (χ4v) is 4.59. The first-order valence-electron chi connectivity index (χ1n) is 11.3.